The van der Waals surface area contributed by atoms with Gasteiger partial charge >= 0.3 is 0 Å². The van der Waals surface area contributed by atoms with E-state index in [0.29, 0.717) is 11.7 Å². The molecule has 0 aliphatic carbocycles. The van der Waals surface area contributed by atoms with Crippen molar-refractivity contribution >= 4 is 17.3 Å². The molecule has 134 valence electrons. The number of nitrogen functional groups attached to an aromatic ring is 1. The first-order valence-electron chi connectivity index (χ1n) is 8.95. The smallest absolute Gasteiger partial charge is 0.157 e. The normalized spacial score (nSPS) is 15.9. The molecule has 0 spiro atoms. The highest BCUT2D eigenvalue weighted by atomic mass is 15.2. The van der Waals surface area contributed by atoms with Gasteiger partial charge in [0.05, 0.1) is 0 Å². The molecule has 1 aromatic carbocycles. The van der Waals surface area contributed by atoms with Crippen molar-refractivity contribution in [3.8, 4) is 0 Å². The predicted octanol–water partition coefficient (Wildman–Crippen LogP) is 2.24. The second-order valence-corrected chi connectivity index (χ2v) is 6.77. The van der Waals surface area contributed by atoms with E-state index in [-0.39, 0.29) is 0 Å². The third-order valence-corrected chi connectivity index (χ3v) is 4.98. The summed E-state index contributed by atoms with van der Waals surface area (Å²) in [6.45, 7) is 3.02. The molecule has 6 heteroatoms. The van der Waals surface area contributed by atoms with E-state index in [9.17, 15) is 0 Å². The van der Waals surface area contributed by atoms with Crippen LogP contribution >= 0.6 is 0 Å². The lowest BCUT2D eigenvalue weighted by atomic mass is 10.0. The number of nitrogens with two attached hydrogens (primary N) is 1. The van der Waals surface area contributed by atoms with Crippen molar-refractivity contribution < 1.29 is 0 Å². The number of piperidine rings is 1. The summed E-state index contributed by atoms with van der Waals surface area (Å²) in [5.41, 5.74) is 8.29. The van der Waals surface area contributed by atoms with E-state index in [2.05, 4.69) is 63.4 Å². The molecule has 6 nitrogen and oxygen atoms in total. The summed E-state index contributed by atoms with van der Waals surface area (Å²) in [6.07, 6.45) is 4.80. The fourth-order valence-electron chi connectivity index (χ4n) is 3.33. The molecule has 1 aliphatic heterocycles. The molecule has 1 aromatic heterocycles. The quantitative estimate of drug-likeness (QED) is 0.840. The maximum absolute atomic E-state index is 6.36. The second kappa shape index (κ2) is 8.16. The summed E-state index contributed by atoms with van der Waals surface area (Å²) in [6, 6.07) is 10.9. The molecule has 3 N–H and O–H groups in total. The highest BCUT2D eigenvalue weighted by Crippen LogP contribution is 2.28. The lowest BCUT2D eigenvalue weighted by Crippen LogP contribution is -2.42. The van der Waals surface area contributed by atoms with Gasteiger partial charge in [0.15, 0.2) is 11.6 Å². The standard InChI is InChI=1S/C19H28N6/c1-24-12-9-16(10-13-24)25(2)19-17(20)18(22-14-23-19)21-11-8-15-6-4-3-5-7-15/h3-7,14,16H,8-13,20H2,1-2H3,(H,21,22,23). The highest BCUT2D eigenvalue weighted by Gasteiger charge is 2.23. The van der Waals surface area contributed by atoms with Gasteiger partial charge in [-0.15, -0.1) is 0 Å². The number of hydrogen-bond acceptors (Lipinski definition) is 6. The van der Waals surface area contributed by atoms with Gasteiger partial charge in [-0.2, -0.15) is 0 Å². The van der Waals surface area contributed by atoms with Crippen LogP contribution in [0, 0.1) is 0 Å². The van der Waals surface area contributed by atoms with Gasteiger partial charge in [0.25, 0.3) is 0 Å². The van der Waals surface area contributed by atoms with Gasteiger partial charge in [0, 0.05) is 19.6 Å². The number of nitrogens with one attached hydrogen (secondary N) is 1. The van der Waals surface area contributed by atoms with Crippen LogP contribution in [0.2, 0.25) is 0 Å². The minimum absolute atomic E-state index is 0.477. The zero-order valence-electron chi connectivity index (χ0n) is 15.2. The lowest BCUT2D eigenvalue weighted by molar-refractivity contribution is 0.252. The second-order valence-electron chi connectivity index (χ2n) is 6.77. The Kier molecular flexibility index (Phi) is 5.71. The third kappa shape index (κ3) is 4.39. The summed E-state index contributed by atoms with van der Waals surface area (Å²) in [4.78, 5) is 13.3. The highest BCUT2D eigenvalue weighted by molar-refractivity contribution is 5.74. The molecular formula is C19H28N6. The Morgan fingerprint density at radius 2 is 1.92 bits per heavy atom. The average molecular weight is 340 g/mol. The fourth-order valence-corrected chi connectivity index (χ4v) is 3.33. The topological polar surface area (TPSA) is 70.3 Å². The van der Waals surface area contributed by atoms with E-state index in [1.165, 1.54) is 5.56 Å². The molecule has 1 saturated heterocycles. The van der Waals surface area contributed by atoms with Crippen LogP contribution in [-0.2, 0) is 6.42 Å². The molecule has 0 atom stereocenters. The van der Waals surface area contributed by atoms with Crippen molar-refractivity contribution in [2.75, 3.05) is 49.7 Å². The fraction of sp³-hybridized carbons (Fsp3) is 0.474. The molecular weight excluding hydrogens is 312 g/mol. The Morgan fingerprint density at radius 1 is 1.20 bits per heavy atom. The van der Waals surface area contributed by atoms with Gasteiger partial charge in [-0.3, -0.25) is 0 Å². The Bertz CT molecular complexity index is 667. The summed E-state index contributed by atoms with van der Waals surface area (Å²) in [5, 5.41) is 3.36. The molecule has 0 saturated carbocycles. The number of rotatable bonds is 6. The van der Waals surface area contributed by atoms with E-state index < -0.39 is 0 Å². The van der Waals surface area contributed by atoms with Gasteiger partial charge < -0.3 is 20.9 Å². The van der Waals surface area contributed by atoms with Crippen molar-refractivity contribution in [1.82, 2.24) is 14.9 Å². The summed E-state index contributed by atoms with van der Waals surface area (Å²) >= 11 is 0. The van der Waals surface area contributed by atoms with Gasteiger partial charge in [0.1, 0.15) is 12.0 Å². The molecule has 0 unspecified atom stereocenters. The molecule has 0 bridgehead atoms. The van der Waals surface area contributed by atoms with E-state index in [4.69, 9.17) is 5.73 Å². The largest absolute Gasteiger partial charge is 0.393 e. The minimum atomic E-state index is 0.477. The van der Waals surface area contributed by atoms with Gasteiger partial charge in [-0.25, -0.2) is 9.97 Å². The number of nitrogens with zero attached hydrogens (tertiary/aromatic N) is 4. The SMILES string of the molecule is CN1CCC(N(C)c2ncnc(NCCc3ccccc3)c2N)CC1. The van der Waals surface area contributed by atoms with Crippen LogP contribution in [0.1, 0.15) is 18.4 Å². The minimum Gasteiger partial charge on any atom is -0.393 e. The zero-order valence-corrected chi connectivity index (χ0v) is 15.2. The van der Waals surface area contributed by atoms with E-state index in [1.807, 2.05) is 6.07 Å². The van der Waals surface area contributed by atoms with Crippen LogP contribution in [0.5, 0.6) is 0 Å². The first kappa shape index (κ1) is 17.5. The predicted molar refractivity (Wildman–Crippen MR) is 104 cm³/mol. The monoisotopic (exact) mass is 340 g/mol. The van der Waals surface area contributed by atoms with Crippen molar-refractivity contribution in [1.29, 1.82) is 0 Å². The van der Waals surface area contributed by atoms with Crippen molar-refractivity contribution in [2.45, 2.75) is 25.3 Å². The Labute approximate surface area is 150 Å². The van der Waals surface area contributed by atoms with E-state index >= 15 is 0 Å². The number of likely N-dealkylation sites (tertiary alicyclic amines) is 1. The number of hydrogen-bond donors (Lipinski definition) is 2. The Balaban J connectivity index is 1.63. The van der Waals surface area contributed by atoms with Gasteiger partial charge in [-0.05, 0) is 45.0 Å². The van der Waals surface area contributed by atoms with Crippen molar-refractivity contribution in [3.05, 3.63) is 42.2 Å². The molecule has 25 heavy (non-hydrogen) atoms. The molecule has 2 heterocycles. The number of aromatic nitrogens is 2. The molecule has 2 aromatic rings. The third-order valence-electron chi connectivity index (χ3n) is 4.98. The Hall–Kier alpha value is -2.34. The maximum atomic E-state index is 6.36. The molecule has 1 aliphatic rings. The van der Waals surface area contributed by atoms with Gasteiger partial charge in [0.2, 0.25) is 0 Å². The van der Waals surface area contributed by atoms with Crippen LogP contribution in [0.4, 0.5) is 17.3 Å². The van der Waals surface area contributed by atoms with Crippen LogP contribution in [0.25, 0.3) is 0 Å². The first-order chi connectivity index (χ1) is 12.1. The zero-order chi connectivity index (χ0) is 17.6. The average Bonchev–Trinajstić information content (AvgIpc) is 2.64. The van der Waals surface area contributed by atoms with Crippen LogP contribution in [-0.4, -0.2) is 54.6 Å². The molecule has 0 amide bonds. The summed E-state index contributed by atoms with van der Waals surface area (Å²) in [5.74, 6) is 1.55. The molecule has 3 rings (SSSR count). The Morgan fingerprint density at radius 3 is 2.64 bits per heavy atom. The number of benzene rings is 1. The lowest BCUT2D eigenvalue weighted by Gasteiger charge is -2.36. The summed E-state index contributed by atoms with van der Waals surface area (Å²) in [7, 11) is 4.26. The molecule has 1 fully saturated rings. The van der Waals surface area contributed by atoms with Gasteiger partial charge in [-0.1, -0.05) is 30.3 Å². The van der Waals surface area contributed by atoms with Crippen LogP contribution < -0.4 is 16.0 Å². The van der Waals surface area contributed by atoms with E-state index in [1.54, 1.807) is 6.33 Å². The molecule has 0 radical (unpaired) electrons. The van der Waals surface area contributed by atoms with Crippen LogP contribution in [0.3, 0.4) is 0 Å². The van der Waals surface area contributed by atoms with Crippen molar-refractivity contribution in [2.24, 2.45) is 0 Å². The van der Waals surface area contributed by atoms with Crippen LogP contribution in [0.15, 0.2) is 36.7 Å². The van der Waals surface area contributed by atoms with Crippen molar-refractivity contribution in [3.63, 3.8) is 0 Å². The number of anilines is 3. The van der Waals surface area contributed by atoms with E-state index in [0.717, 1.165) is 50.5 Å². The maximum Gasteiger partial charge on any atom is 0.157 e. The first-order valence-corrected chi connectivity index (χ1v) is 8.95. The summed E-state index contributed by atoms with van der Waals surface area (Å²) < 4.78 is 0.